The smallest absolute Gasteiger partial charge is 0.326 e. The Morgan fingerprint density at radius 1 is 1.21 bits per heavy atom. The summed E-state index contributed by atoms with van der Waals surface area (Å²) in [6.45, 7) is 14.4. The number of carbonyl (C=O) groups is 2. The molecule has 0 spiro atoms. The van der Waals surface area contributed by atoms with Gasteiger partial charge < -0.3 is 9.53 Å². The molecule has 4 nitrogen and oxygen atoms in total. The molecule has 1 N–H and O–H groups in total. The number of ether oxygens (including phenoxy) is 1. The maximum absolute atomic E-state index is 13.1. The van der Waals surface area contributed by atoms with E-state index in [4.69, 9.17) is 4.74 Å². The number of carbonyl (C=O) groups excluding carboxylic acids is 2. The molecule has 1 aliphatic rings. The Morgan fingerprint density at radius 3 is 2.12 bits per heavy atom. The Kier molecular flexibility index (Phi) is 7.04. The molecule has 3 atom stereocenters. The van der Waals surface area contributed by atoms with Crippen molar-refractivity contribution in [3.63, 3.8) is 0 Å². The third-order valence-corrected chi connectivity index (χ3v) is 6.11. The summed E-state index contributed by atoms with van der Waals surface area (Å²) >= 11 is 0. The minimum atomic E-state index is -0.837. The quantitative estimate of drug-likeness (QED) is 0.530. The molecule has 0 aromatic carbocycles. The molecule has 0 aliphatic heterocycles. The number of hydrogen-bond acceptors (Lipinski definition) is 4. The average Bonchev–Trinajstić information content (AvgIpc) is 3.01. The highest BCUT2D eigenvalue weighted by Crippen LogP contribution is 2.47. The summed E-state index contributed by atoms with van der Waals surface area (Å²) in [4.78, 5) is 24.5. The van der Waals surface area contributed by atoms with Gasteiger partial charge in [0.05, 0.1) is 6.04 Å². The van der Waals surface area contributed by atoms with Crippen molar-refractivity contribution in [1.29, 1.82) is 0 Å². The van der Waals surface area contributed by atoms with Gasteiger partial charge in [0.2, 0.25) is 0 Å². The van der Waals surface area contributed by atoms with Crippen molar-refractivity contribution in [3.8, 4) is 0 Å². The van der Waals surface area contributed by atoms with E-state index >= 15 is 0 Å². The molecule has 1 fully saturated rings. The molecule has 0 amide bonds. The van der Waals surface area contributed by atoms with E-state index in [2.05, 4.69) is 33.0 Å². The van der Waals surface area contributed by atoms with Crippen LogP contribution in [0.3, 0.4) is 0 Å². The van der Waals surface area contributed by atoms with Crippen LogP contribution >= 0.6 is 0 Å². The number of aldehydes is 1. The lowest BCUT2D eigenvalue weighted by molar-refractivity contribution is -0.180. The van der Waals surface area contributed by atoms with E-state index in [0.29, 0.717) is 6.42 Å². The fourth-order valence-corrected chi connectivity index (χ4v) is 3.48. The summed E-state index contributed by atoms with van der Waals surface area (Å²) < 4.78 is 6.16. The standard InChI is InChI=1S/C20H37NO3/c1-8-15(3)16(14-22)21-19(7,9-2)17(23)24-20(18(4,5)6)12-10-11-13-20/h14-16,21H,8-13H2,1-7H3/t15-,16+,19?/m0/s1. The number of hydrogen-bond donors (Lipinski definition) is 1. The Balaban J connectivity index is 2.97. The van der Waals surface area contributed by atoms with Gasteiger partial charge in [-0.25, -0.2) is 0 Å². The van der Waals surface area contributed by atoms with Gasteiger partial charge in [-0.1, -0.05) is 48.0 Å². The van der Waals surface area contributed by atoms with Crippen LogP contribution in [0.2, 0.25) is 0 Å². The number of esters is 1. The zero-order valence-corrected chi connectivity index (χ0v) is 16.7. The van der Waals surface area contributed by atoms with E-state index in [0.717, 1.165) is 38.4 Å². The van der Waals surface area contributed by atoms with Crippen LogP contribution in [0.1, 0.15) is 87.0 Å². The second-order valence-electron chi connectivity index (χ2n) is 8.72. The molecule has 1 rings (SSSR count). The van der Waals surface area contributed by atoms with Crippen molar-refractivity contribution in [2.24, 2.45) is 11.3 Å². The Morgan fingerprint density at radius 2 is 1.75 bits per heavy atom. The summed E-state index contributed by atoms with van der Waals surface area (Å²) in [5.74, 6) is -0.0405. The van der Waals surface area contributed by atoms with E-state index in [9.17, 15) is 9.59 Å². The van der Waals surface area contributed by atoms with Crippen LogP contribution < -0.4 is 5.32 Å². The summed E-state index contributed by atoms with van der Waals surface area (Å²) in [7, 11) is 0. The van der Waals surface area contributed by atoms with Crippen LogP contribution in [0.25, 0.3) is 0 Å². The molecular formula is C20H37NO3. The van der Waals surface area contributed by atoms with Crippen LogP contribution in [-0.2, 0) is 14.3 Å². The van der Waals surface area contributed by atoms with Gasteiger partial charge in [-0.2, -0.15) is 0 Å². The van der Waals surface area contributed by atoms with Crippen LogP contribution in [0, 0.1) is 11.3 Å². The predicted molar refractivity (Wildman–Crippen MR) is 97.9 cm³/mol. The molecule has 0 aromatic heterocycles. The van der Waals surface area contributed by atoms with Gasteiger partial charge in [-0.3, -0.25) is 10.1 Å². The Hall–Kier alpha value is -0.900. The maximum atomic E-state index is 13.1. The van der Waals surface area contributed by atoms with Gasteiger partial charge in [-0.05, 0) is 44.9 Å². The van der Waals surface area contributed by atoms with E-state index in [1.54, 1.807) is 0 Å². The zero-order valence-electron chi connectivity index (χ0n) is 16.7. The first-order valence-corrected chi connectivity index (χ1v) is 9.51. The monoisotopic (exact) mass is 339 g/mol. The molecule has 0 heterocycles. The highest BCUT2D eigenvalue weighted by Gasteiger charge is 2.50. The number of rotatable bonds is 8. The van der Waals surface area contributed by atoms with Gasteiger partial charge in [0, 0.05) is 5.41 Å². The van der Waals surface area contributed by atoms with Crippen molar-refractivity contribution in [2.45, 2.75) is 104 Å². The number of nitrogens with one attached hydrogen (secondary N) is 1. The van der Waals surface area contributed by atoms with Crippen LogP contribution in [0.5, 0.6) is 0 Å². The van der Waals surface area contributed by atoms with Gasteiger partial charge >= 0.3 is 5.97 Å². The molecule has 0 bridgehead atoms. The minimum absolute atomic E-state index is 0.0887. The first-order valence-electron chi connectivity index (χ1n) is 9.51. The maximum Gasteiger partial charge on any atom is 0.326 e. The Bertz CT molecular complexity index is 435. The molecule has 1 aliphatic carbocycles. The fraction of sp³-hybridized carbons (Fsp3) is 0.900. The second kappa shape index (κ2) is 7.99. The molecule has 0 saturated heterocycles. The molecular weight excluding hydrogens is 302 g/mol. The normalized spacial score (nSPS) is 22.5. The lowest BCUT2D eigenvalue weighted by Crippen LogP contribution is -2.59. The SMILES string of the molecule is CC[C@H](C)[C@@H](C=O)NC(C)(CC)C(=O)OC1(C(C)(C)C)CCCC1. The third kappa shape index (κ3) is 4.38. The van der Waals surface area contributed by atoms with Crippen LogP contribution in [-0.4, -0.2) is 29.4 Å². The van der Waals surface area contributed by atoms with Crippen molar-refractivity contribution in [1.82, 2.24) is 5.32 Å². The van der Waals surface area contributed by atoms with E-state index in [-0.39, 0.29) is 23.3 Å². The molecule has 1 saturated carbocycles. The van der Waals surface area contributed by atoms with E-state index in [1.165, 1.54) is 0 Å². The largest absolute Gasteiger partial charge is 0.457 e. The molecule has 24 heavy (non-hydrogen) atoms. The first kappa shape index (κ1) is 21.1. The second-order valence-corrected chi connectivity index (χ2v) is 8.72. The van der Waals surface area contributed by atoms with Crippen molar-refractivity contribution in [3.05, 3.63) is 0 Å². The van der Waals surface area contributed by atoms with Gasteiger partial charge in [-0.15, -0.1) is 0 Å². The topological polar surface area (TPSA) is 55.4 Å². The lowest BCUT2D eigenvalue weighted by atomic mass is 9.75. The van der Waals surface area contributed by atoms with Gasteiger partial charge in [0.15, 0.2) is 0 Å². The van der Waals surface area contributed by atoms with Crippen molar-refractivity contribution >= 4 is 12.3 Å². The summed E-state index contributed by atoms with van der Waals surface area (Å²) in [5.41, 5.74) is -1.32. The average molecular weight is 340 g/mol. The van der Waals surface area contributed by atoms with Crippen LogP contribution in [0.15, 0.2) is 0 Å². The summed E-state index contributed by atoms with van der Waals surface area (Å²) in [5, 5.41) is 3.28. The molecule has 140 valence electrons. The highest BCUT2D eigenvalue weighted by molar-refractivity contribution is 5.81. The third-order valence-electron chi connectivity index (χ3n) is 6.11. The first-order chi connectivity index (χ1) is 11.0. The fourth-order valence-electron chi connectivity index (χ4n) is 3.48. The highest BCUT2D eigenvalue weighted by atomic mass is 16.6. The molecule has 1 unspecified atom stereocenters. The van der Waals surface area contributed by atoms with Gasteiger partial charge in [0.1, 0.15) is 17.4 Å². The van der Waals surface area contributed by atoms with Crippen LogP contribution in [0.4, 0.5) is 0 Å². The predicted octanol–water partition coefficient (Wildman–Crippen LogP) is 4.26. The summed E-state index contributed by atoms with van der Waals surface area (Å²) in [6.07, 6.45) is 6.44. The Labute approximate surface area is 148 Å². The van der Waals surface area contributed by atoms with E-state index in [1.807, 2.05) is 20.8 Å². The zero-order chi connectivity index (χ0) is 18.6. The lowest BCUT2D eigenvalue weighted by Gasteiger charge is -2.44. The summed E-state index contributed by atoms with van der Waals surface area (Å²) in [6, 6.07) is -0.332. The molecule has 4 heteroatoms. The van der Waals surface area contributed by atoms with Crippen molar-refractivity contribution in [2.75, 3.05) is 0 Å². The van der Waals surface area contributed by atoms with Crippen molar-refractivity contribution < 1.29 is 14.3 Å². The minimum Gasteiger partial charge on any atom is -0.457 e. The van der Waals surface area contributed by atoms with E-state index < -0.39 is 11.1 Å². The van der Waals surface area contributed by atoms with Gasteiger partial charge in [0.25, 0.3) is 0 Å². The molecule has 0 aromatic rings. The molecule has 0 radical (unpaired) electrons.